The van der Waals surface area contributed by atoms with Crippen LogP contribution in [0, 0.1) is 5.82 Å². The summed E-state index contributed by atoms with van der Waals surface area (Å²) >= 11 is 6.12. The van der Waals surface area contributed by atoms with E-state index in [4.69, 9.17) is 11.6 Å². The fourth-order valence-corrected chi connectivity index (χ4v) is 5.47. The molecule has 33 heavy (non-hydrogen) atoms. The number of hydrogen-bond acceptors (Lipinski definition) is 3. The molecule has 0 radical (unpaired) electrons. The highest BCUT2D eigenvalue weighted by Crippen LogP contribution is 2.56. The molecule has 0 N–H and O–H groups in total. The fraction of sp³-hybridized carbons (Fsp3) is 0.222. The zero-order valence-electron chi connectivity index (χ0n) is 18.5. The second kappa shape index (κ2) is 7.35. The summed E-state index contributed by atoms with van der Waals surface area (Å²) in [5, 5.41) is 0.622. The number of nitrogens with zero attached hydrogens (tertiary/aromatic N) is 2. The van der Waals surface area contributed by atoms with Crippen LogP contribution in [0.2, 0.25) is 5.02 Å². The summed E-state index contributed by atoms with van der Waals surface area (Å²) in [6, 6.07) is 15.4. The van der Waals surface area contributed by atoms with E-state index in [2.05, 4.69) is 11.9 Å². The molecule has 2 aromatic carbocycles. The summed E-state index contributed by atoms with van der Waals surface area (Å²) < 4.78 is 15.0. The van der Waals surface area contributed by atoms with Crippen LogP contribution in [0.3, 0.4) is 0 Å². The first-order valence-electron chi connectivity index (χ1n) is 10.7. The van der Waals surface area contributed by atoms with Crippen LogP contribution in [0.1, 0.15) is 54.4 Å². The Labute approximate surface area is 196 Å². The zero-order chi connectivity index (χ0) is 23.5. The Morgan fingerprint density at radius 2 is 1.85 bits per heavy atom. The van der Waals surface area contributed by atoms with Crippen molar-refractivity contribution in [1.29, 1.82) is 0 Å². The summed E-state index contributed by atoms with van der Waals surface area (Å²) in [4.78, 5) is 32.3. The first-order valence-corrected chi connectivity index (χ1v) is 11.1. The van der Waals surface area contributed by atoms with Gasteiger partial charge in [-0.05, 0) is 67.8 Å². The van der Waals surface area contributed by atoms with E-state index in [0.29, 0.717) is 22.7 Å². The third-order valence-electron chi connectivity index (χ3n) is 6.68. The van der Waals surface area contributed by atoms with Crippen LogP contribution in [-0.4, -0.2) is 22.2 Å². The lowest BCUT2D eigenvalue weighted by atomic mass is 9.65. The number of amides is 1. The number of pyridine rings is 1. The topological polar surface area (TPSA) is 50.3 Å². The Morgan fingerprint density at radius 3 is 2.52 bits per heavy atom. The SMILES string of the molecule is CC1(c2ccc(Cl)cc2)CC(C)(C)N2C(=O)C(=CC(=O)c3ccccn3)c3cc(F)cc1c32. The van der Waals surface area contributed by atoms with E-state index in [1.165, 1.54) is 24.4 Å². The second-order valence-electron chi connectivity index (χ2n) is 9.46. The number of ketones is 1. The highest BCUT2D eigenvalue weighted by atomic mass is 35.5. The highest BCUT2D eigenvalue weighted by molar-refractivity contribution is 6.36. The molecule has 0 spiro atoms. The Hall–Kier alpha value is -3.31. The number of hydrogen-bond donors (Lipinski definition) is 0. The molecular formula is C27H22ClFN2O2. The van der Waals surface area contributed by atoms with Gasteiger partial charge in [0, 0.05) is 33.8 Å². The Morgan fingerprint density at radius 1 is 1.12 bits per heavy atom. The molecule has 5 rings (SSSR count). The van der Waals surface area contributed by atoms with Crippen molar-refractivity contribution in [1.82, 2.24) is 4.98 Å². The van der Waals surface area contributed by atoms with Crippen molar-refractivity contribution in [2.45, 2.75) is 38.1 Å². The number of carbonyl (C=O) groups is 2. The predicted molar refractivity (Wildman–Crippen MR) is 127 cm³/mol. The van der Waals surface area contributed by atoms with Gasteiger partial charge in [-0.25, -0.2) is 4.39 Å². The summed E-state index contributed by atoms with van der Waals surface area (Å²) in [5.41, 5.74) is 2.10. The number of aromatic nitrogens is 1. The van der Waals surface area contributed by atoms with Gasteiger partial charge in [0.15, 0.2) is 0 Å². The lowest BCUT2D eigenvalue weighted by Gasteiger charge is -2.49. The smallest absolute Gasteiger partial charge is 0.259 e. The van der Waals surface area contributed by atoms with Crippen LogP contribution in [0.4, 0.5) is 10.1 Å². The molecule has 1 amide bonds. The number of allylic oxidation sites excluding steroid dienone is 1. The lowest BCUT2D eigenvalue weighted by molar-refractivity contribution is -0.114. The van der Waals surface area contributed by atoms with Crippen molar-refractivity contribution in [3.8, 4) is 0 Å². The summed E-state index contributed by atoms with van der Waals surface area (Å²) in [7, 11) is 0. The van der Waals surface area contributed by atoms with Crippen molar-refractivity contribution in [3.63, 3.8) is 0 Å². The van der Waals surface area contributed by atoms with E-state index in [1.54, 1.807) is 23.1 Å². The lowest BCUT2D eigenvalue weighted by Crippen LogP contribution is -2.54. The van der Waals surface area contributed by atoms with Gasteiger partial charge in [0.1, 0.15) is 11.5 Å². The van der Waals surface area contributed by atoms with Crippen LogP contribution in [0.15, 0.2) is 66.9 Å². The monoisotopic (exact) mass is 460 g/mol. The molecule has 0 saturated heterocycles. The Kier molecular flexibility index (Phi) is 4.80. The third-order valence-corrected chi connectivity index (χ3v) is 6.93. The molecule has 0 fully saturated rings. The Bertz CT molecular complexity index is 1330. The molecule has 1 unspecified atom stereocenters. The minimum atomic E-state index is -0.575. The van der Waals surface area contributed by atoms with Gasteiger partial charge in [-0.1, -0.05) is 36.7 Å². The second-order valence-corrected chi connectivity index (χ2v) is 9.89. The first kappa shape index (κ1) is 21.5. The van der Waals surface area contributed by atoms with Crippen LogP contribution in [-0.2, 0) is 10.2 Å². The highest BCUT2D eigenvalue weighted by Gasteiger charge is 2.53. The molecule has 4 nitrogen and oxygen atoms in total. The molecule has 166 valence electrons. The van der Waals surface area contributed by atoms with Gasteiger partial charge in [0.25, 0.3) is 5.91 Å². The van der Waals surface area contributed by atoms with E-state index in [9.17, 15) is 14.0 Å². The van der Waals surface area contributed by atoms with Crippen molar-refractivity contribution < 1.29 is 14.0 Å². The minimum absolute atomic E-state index is 0.190. The quantitative estimate of drug-likeness (QED) is 0.357. The largest absolute Gasteiger partial charge is 0.302 e. The van der Waals surface area contributed by atoms with Gasteiger partial charge in [0.05, 0.1) is 11.3 Å². The average Bonchev–Trinajstić information content (AvgIpc) is 3.05. The van der Waals surface area contributed by atoms with E-state index in [1.807, 2.05) is 38.1 Å². The number of anilines is 1. The van der Waals surface area contributed by atoms with Gasteiger partial charge in [-0.2, -0.15) is 0 Å². The number of halogens is 2. The standard InChI is InChI=1S/C27H22ClFN2O2/c1-26(2)15-27(3,16-7-9-17(28)10-8-16)21-13-18(29)12-19-20(25(33)31(26)24(19)21)14-23(32)22-6-4-5-11-30-22/h4-14H,15H2,1-3H3. The minimum Gasteiger partial charge on any atom is -0.302 e. The molecule has 3 aromatic rings. The number of carbonyl (C=O) groups excluding carboxylic acids is 2. The number of benzene rings is 2. The Balaban J connectivity index is 1.74. The molecule has 1 atom stereocenters. The van der Waals surface area contributed by atoms with E-state index in [-0.39, 0.29) is 17.2 Å². The first-order chi connectivity index (χ1) is 15.6. The molecule has 3 heterocycles. The normalized spacial score (nSPS) is 21.9. The third kappa shape index (κ3) is 3.30. The van der Waals surface area contributed by atoms with E-state index >= 15 is 0 Å². The molecule has 0 bridgehead atoms. The van der Waals surface area contributed by atoms with Gasteiger partial charge >= 0.3 is 0 Å². The molecule has 2 aliphatic rings. The van der Waals surface area contributed by atoms with E-state index < -0.39 is 22.6 Å². The van der Waals surface area contributed by atoms with E-state index in [0.717, 1.165) is 11.1 Å². The van der Waals surface area contributed by atoms with Crippen molar-refractivity contribution in [3.05, 3.63) is 100 Å². The van der Waals surface area contributed by atoms with Gasteiger partial charge in [0.2, 0.25) is 5.78 Å². The number of rotatable bonds is 3. The van der Waals surface area contributed by atoms with Gasteiger partial charge in [-0.15, -0.1) is 0 Å². The molecule has 0 saturated carbocycles. The zero-order valence-corrected chi connectivity index (χ0v) is 19.3. The van der Waals surface area contributed by atoms with Crippen LogP contribution in [0.5, 0.6) is 0 Å². The predicted octanol–water partition coefficient (Wildman–Crippen LogP) is 5.98. The van der Waals surface area contributed by atoms with Crippen LogP contribution >= 0.6 is 11.6 Å². The maximum Gasteiger partial charge on any atom is 0.259 e. The van der Waals surface area contributed by atoms with Crippen molar-refractivity contribution >= 4 is 34.6 Å². The van der Waals surface area contributed by atoms with Crippen molar-refractivity contribution in [2.75, 3.05) is 4.90 Å². The molecular weight excluding hydrogens is 439 g/mol. The molecule has 6 heteroatoms. The van der Waals surface area contributed by atoms with Crippen LogP contribution in [0.25, 0.3) is 5.57 Å². The van der Waals surface area contributed by atoms with Gasteiger partial charge < -0.3 is 4.90 Å². The summed E-state index contributed by atoms with van der Waals surface area (Å²) in [6.07, 6.45) is 3.38. The maximum atomic E-state index is 15.0. The molecule has 0 aliphatic carbocycles. The molecule has 2 aliphatic heterocycles. The maximum absolute atomic E-state index is 15.0. The van der Waals surface area contributed by atoms with Crippen LogP contribution < -0.4 is 4.90 Å². The summed E-state index contributed by atoms with van der Waals surface area (Å²) in [5.74, 6) is -1.14. The average molecular weight is 461 g/mol. The fourth-order valence-electron chi connectivity index (χ4n) is 5.35. The van der Waals surface area contributed by atoms with Crippen molar-refractivity contribution in [2.24, 2.45) is 0 Å². The van der Waals surface area contributed by atoms with Gasteiger partial charge in [-0.3, -0.25) is 14.6 Å². The molecule has 1 aromatic heterocycles. The summed E-state index contributed by atoms with van der Waals surface area (Å²) in [6.45, 7) is 6.06.